The number of para-hydroxylation sites is 1. The van der Waals surface area contributed by atoms with Crippen LogP contribution in [0.5, 0.6) is 28.7 Å². The van der Waals surface area contributed by atoms with Crippen molar-refractivity contribution in [1.82, 2.24) is 0 Å². The lowest BCUT2D eigenvalue weighted by Gasteiger charge is -2.16. The van der Waals surface area contributed by atoms with Crippen molar-refractivity contribution in [2.45, 2.75) is 25.9 Å². The molecule has 0 radical (unpaired) electrons. The van der Waals surface area contributed by atoms with E-state index in [0.717, 1.165) is 6.07 Å². The Morgan fingerprint density at radius 1 is 0.895 bits per heavy atom. The first-order valence-corrected chi connectivity index (χ1v) is 11.4. The van der Waals surface area contributed by atoms with E-state index >= 15 is 0 Å². The summed E-state index contributed by atoms with van der Waals surface area (Å²) in [5.41, 5.74) is -0.718. The van der Waals surface area contributed by atoms with Crippen LogP contribution in [0.15, 0.2) is 69.9 Å². The lowest BCUT2D eigenvalue weighted by Crippen LogP contribution is -2.16. The van der Waals surface area contributed by atoms with Crippen LogP contribution < -0.4 is 24.4 Å². The molecule has 38 heavy (non-hydrogen) atoms. The molecule has 0 fully saturated rings. The second-order valence-electron chi connectivity index (χ2n) is 8.50. The van der Waals surface area contributed by atoms with E-state index in [1.807, 2.05) is 13.8 Å². The smallest absolute Gasteiger partial charge is 0.453 e. The van der Waals surface area contributed by atoms with Crippen LogP contribution >= 0.6 is 0 Å². The number of methoxy groups -OCH3 is 2. The molecule has 0 N–H and O–H groups in total. The number of halogens is 3. The maximum Gasteiger partial charge on any atom is 0.453 e. The quantitative estimate of drug-likeness (QED) is 0.189. The van der Waals surface area contributed by atoms with E-state index in [0.29, 0.717) is 11.3 Å². The van der Waals surface area contributed by atoms with Crippen LogP contribution in [0.3, 0.4) is 0 Å². The summed E-state index contributed by atoms with van der Waals surface area (Å²) in [4.78, 5) is 25.8. The topological polar surface area (TPSA) is 84.2 Å². The lowest BCUT2D eigenvalue weighted by molar-refractivity contribution is -0.154. The highest BCUT2D eigenvalue weighted by Gasteiger charge is 2.40. The molecule has 0 unspecified atom stereocenters. The van der Waals surface area contributed by atoms with E-state index in [-0.39, 0.29) is 34.1 Å². The van der Waals surface area contributed by atoms with E-state index < -0.39 is 34.7 Å². The van der Waals surface area contributed by atoms with E-state index in [4.69, 9.17) is 23.4 Å². The van der Waals surface area contributed by atoms with Crippen LogP contribution in [0.4, 0.5) is 13.2 Å². The number of rotatable bonds is 7. The molecule has 1 heterocycles. The Kier molecular flexibility index (Phi) is 7.34. The average molecular weight is 528 g/mol. The molecular formula is C28H23F3O7. The molecule has 0 aliphatic heterocycles. The van der Waals surface area contributed by atoms with Gasteiger partial charge in [0.1, 0.15) is 17.1 Å². The summed E-state index contributed by atoms with van der Waals surface area (Å²) in [7, 11) is 2.84. The Morgan fingerprint density at radius 2 is 1.61 bits per heavy atom. The molecule has 1 aromatic heterocycles. The molecule has 0 bridgehead atoms. The van der Waals surface area contributed by atoms with Gasteiger partial charge in [0.15, 0.2) is 11.5 Å². The molecule has 0 amide bonds. The largest absolute Gasteiger partial charge is 0.493 e. The zero-order valence-corrected chi connectivity index (χ0v) is 20.8. The Labute approximate surface area is 215 Å². The van der Waals surface area contributed by atoms with Crippen LogP contribution in [-0.4, -0.2) is 20.2 Å². The van der Waals surface area contributed by atoms with Gasteiger partial charge < -0.3 is 23.4 Å². The van der Waals surface area contributed by atoms with Crippen molar-refractivity contribution in [3.05, 3.63) is 87.8 Å². The number of fused-ring (bicyclic) bond motifs is 1. The maximum absolute atomic E-state index is 14.0. The normalized spacial score (nSPS) is 11.5. The molecule has 10 heteroatoms. The first-order chi connectivity index (χ1) is 18.0. The molecule has 4 rings (SSSR count). The number of hydrogen-bond acceptors (Lipinski definition) is 7. The third kappa shape index (κ3) is 5.29. The third-order valence-corrected chi connectivity index (χ3v) is 5.66. The number of esters is 1. The fourth-order valence-electron chi connectivity index (χ4n) is 3.79. The molecule has 0 spiro atoms. The van der Waals surface area contributed by atoms with Crippen LogP contribution in [0.25, 0.3) is 11.0 Å². The van der Waals surface area contributed by atoms with Crippen LogP contribution in [-0.2, 0) is 6.18 Å². The van der Waals surface area contributed by atoms with E-state index in [9.17, 15) is 22.8 Å². The van der Waals surface area contributed by atoms with Crippen LogP contribution in [0.2, 0.25) is 0 Å². The van der Waals surface area contributed by atoms with Crippen LogP contribution in [0.1, 0.15) is 41.4 Å². The number of carbonyl (C=O) groups is 1. The van der Waals surface area contributed by atoms with Gasteiger partial charge in [-0.2, -0.15) is 13.2 Å². The van der Waals surface area contributed by atoms with Gasteiger partial charge in [0.2, 0.25) is 11.2 Å². The van der Waals surface area contributed by atoms with Crippen molar-refractivity contribution >= 4 is 16.9 Å². The van der Waals surface area contributed by atoms with E-state index in [1.54, 1.807) is 18.2 Å². The highest BCUT2D eigenvalue weighted by atomic mass is 19.4. The number of alkyl halides is 3. The monoisotopic (exact) mass is 528 g/mol. The summed E-state index contributed by atoms with van der Waals surface area (Å²) in [6.07, 6.45) is -5.04. The Bertz CT molecular complexity index is 1550. The van der Waals surface area contributed by atoms with Crippen molar-refractivity contribution in [3.8, 4) is 28.7 Å². The number of carbonyl (C=O) groups excluding carboxylic acids is 1. The summed E-state index contributed by atoms with van der Waals surface area (Å²) in [5, 5.41) is -0.180. The third-order valence-electron chi connectivity index (χ3n) is 5.66. The van der Waals surface area contributed by atoms with Crippen molar-refractivity contribution in [2.24, 2.45) is 0 Å². The van der Waals surface area contributed by atoms with Gasteiger partial charge in [0.25, 0.3) is 5.76 Å². The molecule has 4 aromatic rings. The van der Waals surface area contributed by atoms with Gasteiger partial charge >= 0.3 is 12.1 Å². The van der Waals surface area contributed by atoms with E-state index in [2.05, 4.69) is 0 Å². The molecule has 7 nitrogen and oxygen atoms in total. The Balaban J connectivity index is 1.74. The first kappa shape index (κ1) is 26.6. The second kappa shape index (κ2) is 10.5. The first-order valence-electron chi connectivity index (χ1n) is 11.4. The lowest BCUT2D eigenvalue weighted by atomic mass is 10.0. The predicted octanol–water partition coefficient (Wildman–Crippen LogP) is 6.96. The van der Waals surface area contributed by atoms with Crippen LogP contribution in [0, 0.1) is 0 Å². The summed E-state index contributed by atoms with van der Waals surface area (Å²) in [6.45, 7) is 3.70. The fraction of sp³-hybridized carbons (Fsp3) is 0.214. The highest BCUT2D eigenvalue weighted by molar-refractivity contribution is 5.92. The molecule has 0 atom stereocenters. The number of benzene rings is 3. The van der Waals surface area contributed by atoms with Gasteiger partial charge in [-0.15, -0.1) is 0 Å². The summed E-state index contributed by atoms with van der Waals surface area (Å²) in [6, 6.07) is 14.4. The van der Waals surface area contributed by atoms with Gasteiger partial charge in [0, 0.05) is 6.07 Å². The summed E-state index contributed by atoms with van der Waals surface area (Å²) in [5.74, 6) is -2.81. The fourth-order valence-corrected chi connectivity index (χ4v) is 3.79. The molecule has 0 aliphatic rings. The molecule has 0 aliphatic carbocycles. The molecule has 0 saturated carbocycles. The molecule has 198 valence electrons. The molecular weight excluding hydrogens is 505 g/mol. The van der Waals surface area contributed by atoms with Crippen molar-refractivity contribution in [1.29, 1.82) is 0 Å². The van der Waals surface area contributed by atoms with Crippen molar-refractivity contribution < 1.29 is 41.3 Å². The van der Waals surface area contributed by atoms with E-state index in [1.165, 1.54) is 50.6 Å². The minimum Gasteiger partial charge on any atom is -0.493 e. The SMILES string of the molecule is COc1ccc(C(=O)Oc2ccc3c(=O)c(Oc4ccccc4C(C)C)c(C(F)(F)F)oc3c2)cc1OC. The standard InChI is InChI=1S/C28H23F3O7/c1-15(2)18-7-5-6-8-20(18)37-25-24(32)19-11-10-17(14-22(19)38-26(25)28(29,30)31)36-27(33)16-9-12-21(34-3)23(13-16)35-4/h5-15H,1-4H3. The Morgan fingerprint density at radius 3 is 2.26 bits per heavy atom. The van der Waals surface area contributed by atoms with Crippen molar-refractivity contribution in [2.75, 3.05) is 14.2 Å². The van der Waals surface area contributed by atoms with Gasteiger partial charge in [0.05, 0.1) is 25.2 Å². The maximum atomic E-state index is 14.0. The number of ether oxygens (including phenoxy) is 4. The van der Waals surface area contributed by atoms with Gasteiger partial charge in [-0.05, 0) is 47.9 Å². The predicted molar refractivity (Wildman–Crippen MR) is 133 cm³/mol. The summed E-state index contributed by atoms with van der Waals surface area (Å²) < 4.78 is 68.1. The van der Waals surface area contributed by atoms with Gasteiger partial charge in [-0.3, -0.25) is 4.79 Å². The highest BCUT2D eigenvalue weighted by Crippen LogP contribution is 2.40. The van der Waals surface area contributed by atoms with Gasteiger partial charge in [-0.1, -0.05) is 32.0 Å². The zero-order chi connectivity index (χ0) is 27.6. The number of hydrogen-bond donors (Lipinski definition) is 0. The zero-order valence-electron chi connectivity index (χ0n) is 20.8. The minimum atomic E-state index is -5.04. The second-order valence-corrected chi connectivity index (χ2v) is 8.50. The average Bonchev–Trinajstić information content (AvgIpc) is 2.89. The molecule has 0 saturated heterocycles. The van der Waals surface area contributed by atoms with Crippen molar-refractivity contribution in [3.63, 3.8) is 0 Å². The summed E-state index contributed by atoms with van der Waals surface area (Å²) >= 11 is 0. The Hall–Kier alpha value is -4.47. The molecule has 3 aromatic carbocycles. The minimum absolute atomic E-state index is 0.0732. The van der Waals surface area contributed by atoms with Gasteiger partial charge in [-0.25, -0.2) is 4.79 Å².